The van der Waals surface area contributed by atoms with Gasteiger partial charge in [-0.05, 0) is 18.2 Å². The first kappa shape index (κ1) is 24.3. The number of aliphatic hydroxyl groups excluding tert-OH is 5. The van der Waals surface area contributed by atoms with E-state index in [4.69, 9.17) is 23.7 Å². The first-order chi connectivity index (χ1) is 16.3. The molecule has 2 heterocycles. The Hall–Kier alpha value is -2.80. The van der Waals surface area contributed by atoms with Crippen molar-refractivity contribution in [1.29, 1.82) is 0 Å². The highest BCUT2D eigenvalue weighted by molar-refractivity contribution is 5.57. The Bertz CT molecular complexity index is 1010. The average Bonchev–Trinajstić information content (AvgIpc) is 2.84. The molecule has 2 aromatic rings. The molecule has 4 rings (SSSR count). The fraction of sp³-hybridized carbons (Fsp3) is 0.478. The van der Waals surface area contributed by atoms with Gasteiger partial charge >= 0.3 is 0 Å². The lowest BCUT2D eigenvalue weighted by Crippen LogP contribution is -2.60. The van der Waals surface area contributed by atoms with E-state index in [0.29, 0.717) is 22.6 Å². The Kier molecular flexibility index (Phi) is 7.03. The van der Waals surface area contributed by atoms with Crippen molar-refractivity contribution in [3.8, 4) is 28.7 Å². The second kappa shape index (κ2) is 9.82. The summed E-state index contributed by atoms with van der Waals surface area (Å²) in [4.78, 5) is 0. The van der Waals surface area contributed by atoms with Crippen molar-refractivity contribution in [2.75, 3.05) is 27.4 Å². The molecule has 0 saturated carbocycles. The second-order valence-corrected chi connectivity index (χ2v) is 8.12. The highest BCUT2D eigenvalue weighted by Gasteiger charge is 2.45. The van der Waals surface area contributed by atoms with Gasteiger partial charge in [0.1, 0.15) is 35.9 Å². The molecule has 0 bridgehead atoms. The lowest BCUT2D eigenvalue weighted by atomic mass is 9.86. The molecule has 11 heteroatoms. The largest absolute Gasteiger partial charge is 0.504 e. The number of benzene rings is 2. The third-order valence-electron chi connectivity index (χ3n) is 6.15. The van der Waals surface area contributed by atoms with Crippen molar-refractivity contribution < 1.29 is 54.3 Å². The van der Waals surface area contributed by atoms with E-state index >= 15 is 0 Å². The number of ether oxygens (including phenoxy) is 5. The van der Waals surface area contributed by atoms with Crippen LogP contribution < -0.4 is 18.9 Å². The molecule has 2 aliphatic rings. The molecule has 6 N–H and O–H groups in total. The number of phenols is 1. The van der Waals surface area contributed by atoms with Gasteiger partial charge in [0.15, 0.2) is 11.5 Å². The Morgan fingerprint density at radius 2 is 1.68 bits per heavy atom. The number of methoxy groups -OCH3 is 2. The van der Waals surface area contributed by atoms with Gasteiger partial charge in [-0.2, -0.15) is 0 Å². The van der Waals surface area contributed by atoms with Crippen molar-refractivity contribution in [2.45, 2.75) is 42.7 Å². The van der Waals surface area contributed by atoms with E-state index in [1.54, 1.807) is 18.2 Å². The Labute approximate surface area is 195 Å². The number of aliphatic hydroxyl groups is 5. The first-order valence-corrected chi connectivity index (χ1v) is 10.7. The predicted molar refractivity (Wildman–Crippen MR) is 115 cm³/mol. The van der Waals surface area contributed by atoms with Crippen LogP contribution in [0.2, 0.25) is 0 Å². The van der Waals surface area contributed by atoms with Gasteiger partial charge in [-0.15, -0.1) is 0 Å². The minimum absolute atomic E-state index is 0.0424. The molecular weight excluding hydrogens is 452 g/mol. The molecule has 11 nitrogen and oxygen atoms in total. The maximum absolute atomic E-state index is 11.0. The third-order valence-corrected chi connectivity index (χ3v) is 6.15. The van der Waals surface area contributed by atoms with Crippen molar-refractivity contribution in [3.05, 3.63) is 41.5 Å². The summed E-state index contributed by atoms with van der Waals surface area (Å²) in [5, 5.41) is 61.0. The van der Waals surface area contributed by atoms with Crippen LogP contribution in [0.4, 0.5) is 0 Å². The maximum atomic E-state index is 11.0. The zero-order valence-electron chi connectivity index (χ0n) is 18.6. The topological polar surface area (TPSA) is 168 Å². The standard InChI is InChI=1S/C23H28O11/c1-30-14-6-5-11(18(26)22(14)31-2)13-9-32-15-7-10(3-4-12(15)17(13)25)33-23-21(29)20(28)19(27)16(8-24)34-23/h3-7,13,16-17,19-21,23-29H,8-9H2,1-2H3/t13-,16-,17+,19-,20+,21-,23-/m0/s1. The van der Waals surface area contributed by atoms with E-state index in [2.05, 4.69) is 0 Å². The fourth-order valence-electron chi connectivity index (χ4n) is 4.23. The lowest BCUT2D eigenvalue weighted by Gasteiger charge is -2.39. The van der Waals surface area contributed by atoms with Crippen LogP contribution in [0, 0.1) is 0 Å². The van der Waals surface area contributed by atoms with E-state index in [0.717, 1.165) is 0 Å². The van der Waals surface area contributed by atoms with Gasteiger partial charge in [0, 0.05) is 17.2 Å². The van der Waals surface area contributed by atoms with E-state index in [-0.39, 0.29) is 23.9 Å². The average molecular weight is 480 g/mol. The SMILES string of the molecule is COc1ccc([C@@H]2COc3cc(O[C@H]4O[C@@H](CO)[C@H](O)[C@@H](O)[C@@H]4O)ccc3[C@H]2O)c(O)c1OC. The summed E-state index contributed by atoms with van der Waals surface area (Å²) in [7, 11) is 2.86. The molecule has 0 aromatic heterocycles. The summed E-state index contributed by atoms with van der Waals surface area (Å²) >= 11 is 0. The molecule has 7 atom stereocenters. The van der Waals surface area contributed by atoms with Crippen LogP contribution in [0.1, 0.15) is 23.1 Å². The Morgan fingerprint density at radius 1 is 0.941 bits per heavy atom. The van der Waals surface area contributed by atoms with E-state index < -0.39 is 49.3 Å². The number of hydrogen-bond donors (Lipinski definition) is 6. The molecule has 2 aromatic carbocycles. The van der Waals surface area contributed by atoms with E-state index in [9.17, 15) is 30.6 Å². The molecule has 1 fully saturated rings. The number of aromatic hydroxyl groups is 1. The Morgan fingerprint density at radius 3 is 2.35 bits per heavy atom. The van der Waals surface area contributed by atoms with Gasteiger partial charge in [-0.25, -0.2) is 0 Å². The van der Waals surface area contributed by atoms with Crippen molar-refractivity contribution in [1.82, 2.24) is 0 Å². The van der Waals surface area contributed by atoms with Crippen LogP contribution in [-0.4, -0.2) is 88.8 Å². The molecule has 0 amide bonds. The molecule has 0 aliphatic carbocycles. The van der Waals surface area contributed by atoms with Crippen molar-refractivity contribution in [3.63, 3.8) is 0 Å². The molecule has 2 aliphatic heterocycles. The molecule has 0 unspecified atom stereocenters. The van der Waals surface area contributed by atoms with Crippen LogP contribution in [-0.2, 0) is 4.74 Å². The molecular formula is C23H28O11. The molecule has 1 saturated heterocycles. The van der Waals surface area contributed by atoms with Crippen LogP contribution >= 0.6 is 0 Å². The van der Waals surface area contributed by atoms with Gasteiger partial charge in [-0.1, -0.05) is 6.07 Å². The van der Waals surface area contributed by atoms with E-state index in [1.165, 1.54) is 26.4 Å². The molecule has 0 spiro atoms. The van der Waals surface area contributed by atoms with Crippen molar-refractivity contribution >= 4 is 0 Å². The molecule has 186 valence electrons. The van der Waals surface area contributed by atoms with Crippen LogP contribution in [0.15, 0.2) is 30.3 Å². The minimum Gasteiger partial charge on any atom is -0.504 e. The van der Waals surface area contributed by atoms with Gasteiger partial charge in [0.2, 0.25) is 12.0 Å². The number of hydrogen-bond acceptors (Lipinski definition) is 11. The predicted octanol–water partition coefficient (Wildman–Crippen LogP) is -0.202. The van der Waals surface area contributed by atoms with Crippen LogP contribution in [0.25, 0.3) is 0 Å². The zero-order valence-corrected chi connectivity index (χ0v) is 18.6. The highest BCUT2D eigenvalue weighted by atomic mass is 16.7. The summed E-state index contributed by atoms with van der Waals surface area (Å²) in [6, 6.07) is 7.85. The molecule has 34 heavy (non-hydrogen) atoms. The van der Waals surface area contributed by atoms with Crippen LogP contribution in [0.5, 0.6) is 28.7 Å². The maximum Gasteiger partial charge on any atom is 0.229 e. The number of rotatable bonds is 6. The summed E-state index contributed by atoms with van der Waals surface area (Å²) in [6.07, 6.45) is -8.09. The summed E-state index contributed by atoms with van der Waals surface area (Å²) in [6.45, 7) is -0.532. The van der Waals surface area contributed by atoms with Crippen molar-refractivity contribution in [2.24, 2.45) is 0 Å². The minimum atomic E-state index is -1.57. The van der Waals surface area contributed by atoms with E-state index in [1.807, 2.05) is 0 Å². The second-order valence-electron chi connectivity index (χ2n) is 8.12. The number of fused-ring (bicyclic) bond motifs is 1. The number of phenolic OH excluding ortho intramolecular Hbond substituents is 1. The highest BCUT2D eigenvalue weighted by Crippen LogP contribution is 2.48. The van der Waals surface area contributed by atoms with Gasteiger partial charge in [-0.3, -0.25) is 0 Å². The van der Waals surface area contributed by atoms with Gasteiger partial charge < -0.3 is 54.3 Å². The molecule has 0 radical (unpaired) electrons. The zero-order chi connectivity index (χ0) is 24.6. The van der Waals surface area contributed by atoms with Crippen LogP contribution in [0.3, 0.4) is 0 Å². The van der Waals surface area contributed by atoms with Gasteiger partial charge in [0.05, 0.1) is 39.5 Å². The monoisotopic (exact) mass is 480 g/mol. The Balaban J connectivity index is 1.54. The first-order valence-electron chi connectivity index (χ1n) is 10.7. The quantitative estimate of drug-likeness (QED) is 0.324. The van der Waals surface area contributed by atoms with Gasteiger partial charge in [0.25, 0.3) is 0 Å². The smallest absolute Gasteiger partial charge is 0.229 e. The third kappa shape index (κ3) is 4.22. The summed E-state index contributed by atoms with van der Waals surface area (Å²) in [5.41, 5.74) is 0.879. The fourth-order valence-corrected chi connectivity index (χ4v) is 4.23. The normalized spacial score (nSPS) is 30.7. The summed E-state index contributed by atoms with van der Waals surface area (Å²) in [5.74, 6) is 0.296. The lowest BCUT2D eigenvalue weighted by molar-refractivity contribution is -0.277. The summed E-state index contributed by atoms with van der Waals surface area (Å²) < 4.78 is 27.2.